The molecule has 2 aromatic carbocycles. The van der Waals surface area contributed by atoms with Gasteiger partial charge in [-0.25, -0.2) is 0 Å². The maximum Gasteiger partial charge on any atom is 0.247 e. The van der Waals surface area contributed by atoms with Crippen LogP contribution < -0.4 is 9.64 Å². The van der Waals surface area contributed by atoms with Crippen molar-refractivity contribution in [3.8, 4) is 17.2 Å². The predicted octanol–water partition coefficient (Wildman–Crippen LogP) is 3.81. The molecule has 1 aliphatic heterocycles. The number of rotatable bonds is 7. The molecule has 1 aliphatic rings. The number of anilines is 1. The second kappa shape index (κ2) is 10.1. The van der Waals surface area contributed by atoms with E-state index in [-0.39, 0.29) is 5.91 Å². The number of amides is 1. The summed E-state index contributed by atoms with van der Waals surface area (Å²) in [5.74, 6) is 2.15. The molecule has 1 fully saturated rings. The molecule has 0 spiro atoms. The predicted molar refractivity (Wildman–Crippen MR) is 119 cm³/mol. The zero-order valence-corrected chi connectivity index (χ0v) is 17.9. The fourth-order valence-corrected chi connectivity index (χ4v) is 3.82. The van der Waals surface area contributed by atoms with Gasteiger partial charge < -0.3 is 19.0 Å². The second-order valence-electron chi connectivity index (χ2n) is 7.64. The molecule has 0 N–H and O–H groups in total. The Morgan fingerprint density at radius 2 is 1.81 bits per heavy atom. The summed E-state index contributed by atoms with van der Waals surface area (Å²) in [6, 6.07) is 17.8. The summed E-state index contributed by atoms with van der Waals surface area (Å²) >= 11 is 0. The van der Waals surface area contributed by atoms with Gasteiger partial charge in [0.25, 0.3) is 0 Å². The van der Waals surface area contributed by atoms with Gasteiger partial charge in [0.2, 0.25) is 17.7 Å². The molecule has 31 heavy (non-hydrogen) atoms. The highest BCUT2D eigenvalue weighted by Gasteiger charge is 2.19. The lowest BCUT2D eigenvalue weighted by atomic mass is 10.2. The lowest BCUT2D eigenvalue weighted by molar-refractivity contribution is -0.131. The van der Waals surface area contributed by atoms with Crippen molar-refractivity contribution in [1.82, 2.24) is 15.1 Å². The molecular formula is C24H28N4O3. The van der Waals surface area contributed by atoms with Crippen LogP contribution in [0.25, 0.3) is 11.5 Å². The molecule has 4 rings (SSSR count). The normalized spacial score (nSPS) is 14.4. The first-order valence-corrected chi connectivity index (χ1v) is 10.8. The van der Waals surface area contributed by atoms with Crippen LogP contribution in [0.5, 0.6) is 5.75 Å². The molecule has 7 nitrogen and oxygen atoms in total. The first-order valence-electron chi connectivity index (χ1n) is 10.8. The SMILES string of the molecule is COc1ccc(N2CCCN(C(=O)CCCc3nnc(-c4ccccc4)o3)CC2)cc1. The molecular weight excluding hydrogens is 392 g/mol. The molecule has 7 heteroatoms. The van der Waals surface area contributed by atoms with Gasteiger partial charge in [-0.15, -0.1) is 10.2 Å². The van der Waals surface area contributed by atoms with Crippen LogP contribution >= 0.6 is 0 Å². The first-order chi connectivity index (χ1) is 15.2. The summed E-state index contributed by atoms with van der Waals surface area (Å²) in [6.07, 6.45) is 2.76. The minimum atomic E-state index is 0.194. The quantitative estimate of drug-likeness (QED) is 0.579. The monoisotopic (exact) mass is 420 g/mol. The average Bonchev–Trinajstić information content (AvgIpc) is 3.15. The van der Waals surface area contributed by atoms with E-state index in [4.69, 9.17) is 9.15 Å². The van der Waals surface area contributed by atoms with Crippen LogP contribution in [0.3, 0.4) is 0 Å². The molecule has 162 valence electrons. The number of carbonyl (C=O) groups is 1. The summed E-state index contributed by atoms with van der Waals surface area (Å²) < 4.78 is 11.0. The Kier molecular flexibility index (Phi) is 6.82. The van der Waals surface area contributed by atoms with Gasteiger partial charge in [0.1, 0.15) is 5.75 Å². The van der Waals surface area contributed by atoms with Gasteiger partial charge in [0.15, 0.2) is 0 Å². The van der Waals surface area contributed by atoms with Gasteiger partial charge in [-0.05, 0) is 49.2 Å². The molecule has 3 aromatic rings. The highest BCUT2D eigenvalue weighted by Crippen LogP contribution is 2.21. The third-order valence-corrected chi connectivity index (χ3v) is 5.56. The van der Waals surface area contributed by atoms with Crippen molar-refractivity contribution in [2.24, 2.45) is 0 Å². The van der Waals surface area contributed by atoms with Crippen molar-refractivity contribution in [2.75, 3.05) is 38.2 Å². The number of hydrogen-bond acceptors (Lipinski definition) is 6. The van der Waals surface area contributed by atoms with Crippen molar-refractivity contribution in [3.63, 3.8) is 0 Å². The van der Waals surface area contributed by atoms with Crippen LogP contribution in [0, 0.1) is 0 Å². The number of hydrogen-bond donors (Lipinski definition) is 0. The smallest absolute Gasteiger partial charge is 0.247 e. The summed E-state index contributed by atoms with van der Waals surface area (Å²) in [5, 5.41) is 8.22. The molecule has 2 heterocycles. The summed E-state index contributed by atoms with van der Waals surface area (Å²) in [5.41, 5.74) is 2.07. The standard InChI is InChI=1S/C24H28N4O3/c1-30-21-13-11-20(12-14-21)27-15-6-16-28(18-17-27)23(29)10-5-9-22-25-26-24(31-22)19-7-3-2-4-8-19/h2-4,7-8,11-14H,5-6,9-10,15-18H2,1H3. The summed E-state index contributed by atoms with van der Waals surface area (Å²) in [4.78, 5) is 17.0. The molecule has 0 aliphatic carbocycles. The lowest BCUT2D eigenvalue weighted by Crippen LogP contribution is -2.35. The Bertz CT molecular complexity index is 972. The van der Waals surface area contributed by atoms with Crippen molar-refractivity contribution >= 4 is 11.6 Å². The van der Waals surface area contributed by atoms with Gasteiger partial charge >= 0.3 is 0 Å². The molecule has 1 amide bonds. The molecule has 1 aromatic heterocycles. The van der Waals surface area contributed by atoms with Gasteiger partial charge in [-0.1, -0.05) is 18.2 Å². The van der Waals surface area contributed by atoms with Crippen LogP contribution in [-0.4, -0.2) is 54.3 Å². The Hall–Kier alpha value is -3.35. The summed E-state index contributed by atoms with van der Waals surface area (Å²) in [6.45, 7) is 3.32. The molecule has 1 saturated heterocycles. The summed E-state index contributed by atoms with van der Waals surface area (Å²) in [7, 11) is 1.67. The maximum absolute atomic E-state index is 12.7. The minimum absolute atomic E-state index is 0.194. The van der Waals surface area contributed by atoms with E-state index in [1.807, 2.05) is 47.4 Å². The zero-order valence-electron chi connectivity index (χ0n) is 17.9. The fourth-order valence-electron chi connectivity index (χ4n) is 3.82. The van der Waals surface area contributed by atoms with Crippen molar-refractivity contribution in [1.29, 1.82) is 0 Å². The highest BCUT2D eigenvalue weighted by molar-refractivity contribution is 5.76. The van der Waals surface area contributed by atoms with Crippen LogP contribution in [0.2, 0.25) is 0 Å². The highest BCUT2D eigenvalue weighted by atomic mass is 16.5. The number of carbonyl (C=O) groups excluding carboxylic acids is 1. The minimum Gasteiger partial charge on any atom is -0.497 e. The molecule has 0 unspecified atom stereocenters. The van der Waals surface area contributed by atoms with E-state index in [1.165, 1.54) is 5.69 Å². The van der Waals surface area contributed by atoms with E-state index in [0.717, 1.165) is 43.9 Å². The third-order valence-electron chi connectivity index (χ3n) is 5.56. The van der Waals surface area contributed by atoms with Crippen LogP contribution in [-0.2, 0) is 11.2 Å². The van der Waals surface area contributed by atoms with Crippen LogP contribution in [0.15, 0.2) is 59.0 Å². The van der Waals surface area contributed by atoms with Crippen molar-refractivity contribution < 1.29 is 13.9 Å². The van der Waals surface area contributed by atoms with E-state index in [1.54, 1.807) is 7.11 Å². The number of aryl methyl sites for hydroxylation is 1. The number of aromatic nitrogens is 2. The van der Waals surface area contributed by atoms with Gasteiger partial charge in [-0.3, -0.25) is 4.79 Å². The van der Waals surface area contributed by atoms with Crippen molar-refractivity contribution in [3.05, 3.63) is 60.5 Å². The van der Waals surface area contributed by atoms with Crippen molar-refractivity contribution in [2.45, 2.75) is 25.7 Å². The topological polar surface area (TPSA) is 71.7 Å². The van der Waals surface area contributed by atoms with E-state index in [0.29, 0.717) is 31.0 Å². The van der Waals surface area contributed by atoms with E-state index >= 15 is 0 Å². The fraction of sp³-hybridized carbons (Fsp3) is 0.375. The van der Waals surface area contributed by atoms with E-state index in [2.05, 4.69) is 27.2 Å². The Morgan fingerprint density at radius 3 is 2.58 bits per heavy atom. The zero-order chi connectivity index (χ0) is 21.5. The largest absolute Gasteiger partial charge is 0.497 e. The van der Waals surface area contributed by atoms with E-state index in [9.17, 15) is 4.79 Å². The van der Waals surface area contributed by atoms with E-state index < -0.39 is 0 Å². The number of ether oxygens (including phenoxy) is 1. The second-order valence-corrected chi connectivity index (χ2v) is 7.64. The van der Waals surface area contributed by atoms with Gasteiger partial charge in [0, 0.05) is 50.3 Å². The van der Waals surface area contributed by atoms with Gasteiger partial charge in [0.05, 0.1) is 7.11 Å². The molecule has 0 radical (unpaired) electrons. The Balaban J connectivity index is 1.24. The average molecular weight is 421 g/mol. The lowest BCUT2D eigenvalue weighted by Gasteiger charge is -2.24. The molecule has 0 saturated carbocycles. The first kappa shape index (κ1) is 20.9. The number of benzene rings is 2. The molecule has 0 bridgehead atoms. The number of nitrogens with zero attached hydrogens (tertiary/aromatic N) is 4. The van der Waals surface area contributed by atoms with Gasteiger partial charge in [-0.2, -0.15) is 0 Å². The Labute approximate surface area is 182 Å². The molecule has 0 atom stereocenters. The third kappa shape index (κ3) is 5.42. The Morgan fingerprint density at radius 1 is 1.00 bits per heavy atom. The number of methoxy groups -OCH3 is 1. The van der Waals surface area contributed by atoms with Crippen LogP contribution in [0.4, 0.5) is 5.69 Å². The van der Waals surface area contributed by atoms with Crippen LogP contribution in [0.1, 0.15) is 25.2 Å². The maximum atomic E-state index is 12.7.